The molecule has 2 aromatic rings. The number of guanidine groups is 1. The van der Waals surface area contributed by atoms with Crippen molar-refractivity contribution in [3.05, 3.63) is 53.9 Å². The van der Waals surface area contributed by atoms with Crippen LogP contribution in [0.25, 0.3) is 11.8 Å². The molecule has 4 N–H and O–H groups in total. The molecule has 0 saturated carbocycles. The van der Waals surface area contributed by atoms with Gasteiger partial charge in [-0.05, 0) is 24.3 Å². The Kier molecular flexibility index (Phi) is 3.65. The van der Waals surface area contributed by atoms with Crippen LogP contribution in [0, 0.1) is 0 Å². The van der Waals surface area contributed by atoms with Gasteiger partial charge in [0.05, 0.1) is 12.3 Å². The zero-order chi connectivity index (χ0) is 15.5. The molecule has 112 valence electrons. The number of nitrogens with zero attached hydrogens (tertiary/aromatic N) is 2. The van der Waals surface area contributed by atoms with Gasteiger partial charge in [-0.25, -0.2) is 0 Å². The van der Waals surface area contributed by atoms with Gasteiger partial charge in [-0.15, -0.1) is 0 Å². The minimum Gasteiger partial charge on any atom is -0.490 e. The summed E-state index contributed by atoms with van der Waals surface area (Å²) in [4.78, 5) is 15.6. The summed E-state index contributed by atoms with van der Waals surface area (Å²) < 4.78 is 7.82. The fraction of sp³-hybridized carbons (Fsp3) is 0.125. The van der Waals surface area contributed by atoms with Gasteiger partial charge < -0.3 is 20.8 Å². The summed E-state index contributed by atoms with van der Waals surface area (Å²) in [6.45, 7) is 0.392. The van der Waals surface area contributed by atoms with E-state index in [4.69, 9.17) is 16.2 Å². The summed E-state index contributed by atoms with van der Waals surface area (Å²) in [6.07, 6.45) is 6.12. The van der Waals surface area contributed by atoms with Crippen molar-refractivity contribution >= 4 is 17.9 Å². The molecule has 0 fully saturated rings. The summed E-state index contributed by atoms with van der Waals surface area (Å²) >= 11 is 0. The molecular formula is C16H16N4O2. The van der Waals surface area contributed by atoms with Crippen LogP contribution in [-0.2, 0) is 4.79 Å². The molecule has 1 amide bonds. The second-order valence-corrected chi connectivity index (χ2v) is 4.90. The van der Waals surface area contributed by atoms with Gasteiger partial charge in [-0.2, -0.15) is 4.99 Å². The average molecular weight is 296 g/mol. The lowest BCUT2D eigenvalue weighted by Gasteiger charge is -2.12. The van der Waals surface area contributed by atoms with Crippen LogP contribution >= 0.6 is 0 Å². The van der Waals surface area contributed by atoms with Crippen LogP contribution in [0.5, 0.6) is 5.75 Å². The SMILES string of the molecule is NC(N)=NC(=O)C1=Cc2cccc(-n3cccc3)c2OCC1. The number of carbonyl (C=O) groups excluding carboxylic acids is 1. The van der Waals surface area contributed by atoms with E-state index in [0.717, 1.165) is 17.0 Å². The van der Waals surface area contributed by atoms with E-state index in [0.29, 0.717) is 18.6 Å². The number of rotatable bonds is 2. The summed E-state index contributed by atoms with van der Waals surface area (Å²) in [5.74, 6) is 0.0754. The van der Waals surface area contributed by atoms with Gasteiger partial charge in [0.15, 0.2) is 5.96 Å². The Morgan fingerprint density at radius 1 is 1.18 bits per heavy atom. The average Bonchev–Trinajstić information content (AvgIpc) is 2.91. The molecule has 6 nitrogen and oxygen atoms in total. The predicted molar refractivity (Wildman–Crippen MR) is 84.7 cm³/mol. The Bertz CT molecular complexity index is 756. The number of amides is 1. The summed E-state index contributed by atoms with van der Waals surface area (Å²) in [6, 6.07) is 9.67. The maximum Gasteiger partial charge on any atom is 0.276 e. The third-order valence-corrected chi connectivity index (χ3v) is 3.36. The van der Waals surface area contributed by atoms with Gasteiger partial charge in [0.1, 0.15) is 5.75 Å². The van der Waals surface area contributed by atoms with E-state index in [1.807, 2.05) is 47.3 Å². The zero-order valence-corrected chi connectivity index (χ0v) is 11.9. The highest BCUT2D eigenvalue weighted by atomic mass is 16.5. The van der Waals surface area contributed by atoms with Crippen molar-refractivity contribution in [2.24, 2.45) is 16.5 Å². The molecule has 0 atom stereocenters. The number of nitrogens with two attached hydrogens (primary N) is 2. The Balaban J connectivity index is 2.05. The number of hydrogen-bond donors (Lipinski definition) is 2. The lowest BCUT2D eigenvalue weighted by molar-refractivity contribution is -0.114. The van der Waals surface area contributed by atoms with Crippen LogP contribution < -0.4 is 16.2 Å². The molecule has 0 saturated heterocycles. The summed E-state index contributed by atoms with van der Waals surface area (Å²) in [7, 11) is 0. The molecule has 3 rings (SSSR count). The number of aliphatic imine (C=N–C) groups is 1. The van der Waals surface area contributed by atoms with Crippen molar-refractivity contribution in [1.82, 2.24) is 4.57 Å². The van der Waals surface area contributed by atoms with E-state index < -0.39 is 5.91 Å². The van der Waals surface area contributed by atoms with E-state index in [9.17, 15) is 4.79 Å². The molecule has 0 radical (unpaired) electrons. The van der Waals surface area contributed by atoms with Crippen LogP contribution in [0.3, 0.4) is 0 Å². The zero-order valence-electron chi connectivity index (χ0n) is 11.9. The van der Waals surface area contributed by atoms with Crippen LogP contribution in [0.1, 0.15) is 12.0 Å². The molecule has 0 bridgehead atoms. The van der Waals surface area contributed by atoms with E-state index in [1.165, 1.54) is 0 Å². The molecule has 1 aliphatic heterocycles. The van der Waals surface area contributed by atoms with Crippen LogP contribution in [-0.4, -0.2) is 23.0 Å². The summed E-state index contributed by atoms with van der Waals surface area (Å²) in [5, 5.41) is 0. The molecular weight excluding hydrogens is 280 g/mol. The molecule has 1 aromatic carbocycles. The number of ether oxygens (including phenoxy) is 1. The number of fused-ring (bicyclic) bond motifs is 1. The quantitative estimate of drug-likeness (QED) is 0.647. The molecule has 0 spiro atoms. The fourth-order valence-corrected chi connectivity index (χ4v) is 2.39. The second kappa shape index (κ2) is 5.77. The molecule has 1 aliphatic rings. The highest BCUT2D eigenvalue weighted by molar-refractivity contribution is 6.04. The number of benzene rings is 1. The Morgan fingerprint density at radius 2 is 1.95 bits per heavy atom. The molecule has 0 aliphatic carbocycles. The standard InChI is InChI=1S/C16H16N4O2/c17-16(18)19-15(21)12-6-9-22-14-11(10-12)4-3-5-13(14)20-7-1-2-8-20/h1-5,7-8,10H,6,9H2,(H4,17,18,19,21). The second-order valence-electron chi connectivity index (χ2n) is 4.90. The predicted octanol–water partition coefficient (Wildman–Crippen LogP) is 1.44. The third kappa shape index (κ3) is 2.71. The van der Waals surface area contributed by atoms with Crippen molar-refractivity contribution in [3.8, 4) is 11.4 Å². The van der Waals surface area contributed by atoms with Gasteiger partial charge in [-0.1, -0.05) is 12.1 Å². The van der Waals surface area contributed by atoms with Crippen molar-refractivity contribution in [3.63, 3.8) is 0 Å². The largest absolute Gasteiger partial charge is 0.490 e. The number of carbonyl (C=O) groups is 1. The van der Waals surface area contributed by atoms with E-state index in [2.05, 4.69) is 4.99 Å². The lowest BCUT2D eigenvalue weighted by Crippen LogP contribution is -2.24. The highest BCUT2D eigenvalue weighted by Gasteiger charge is 2.18. The maximum absolute atomic E-state index is 12.0. The van der Waals surface area contributed by atoms with Gasteiger partial charge in [0.2, 0.25) is 0 Å². The van der Waals surface area contributed by atoms with E-state index in [1.54, 1.807) is 6.08 Å². The third-order valence-electron chi connectivity index (χ3n) is 3.36. The van der Waals surface area contributed by atoms with Crippen LogP contribution in [0.4, 0.5) is 0 Å². The normalized spacial score (nSPS) is 13.4. The monoisotopic (exact) mass is 296 g/mol. The topological polar surface area (TPSA) is 95.6 Å². The molecule has 6 heteroatoms. The van der Waals surface area contributed by atoms with Crippen molar-refractivity contribution in [2.75, 3.05) is 6.61 Å². The van der Waals surface area contributed by atoms with Crippen molar-refractivity contribution < 1.29 is 9.53 Å². The fourth-order valence-electron chi connectivity index (χ4n) is 2.39. The Labute approximate surface area is 127 Å². The first-order chi connectivity index (χ1) is 10.6. The minimum atomic E-state index is -0.428. The first-order valence-electron chi connectivity index (χ1n) is 6.89. The van der Waals surface area contributed by atoms with E-state index in [-0.39, 0.29) is 5.96 Å². The number of para-hydroxylation sites is 1. The number of aromatic nitrogens is 1. The first-order valence-corrected chi connectivity index (χ1v) is 6.89. The van der Waals surface area contributed by atoms with Gasteiger partial charge in [0.25, 0.3) is 5.91 Å². The molecule has 22 heavy (non-hydrogen) atoms. The van der Waals surface area contributed by atoms with Gasteiger partial charge in [0, 0.05) is 30.0 Å². The van der Waals surface area contributed by atoms with Gasteiger partial charge in [-0.3, -0.25) is 4.79 Å². The first kappa shape index (κ1) is 13.9. The molecule has 0 unspecified atom stereocenters. The minimum absolute atomic E-state index is 0.239. The molecule has 2 heterocycles. The van der Waals surface area contributed by atoms with E-state index >= 15 is 0 Å². The van der Waals surface area contributed by atoms with Crippen LogP contribution in [0.15, 0.2) is 53.3 Å². The maximum atomic E-state index is 12.0. The Hall–Kier alpha value is -3.02. The van der Waals surface area contributed by atoms with Crippen molar-refractivity contribution in [2.45, 2.75) is 6.42 Å². The summed E-state index contributed by atoms with van der Waals surface area (Å²) in [5.41, 5.74) is 12.8. The van der Waals surface area contributed by atoms with Crippen molar-refractivity contribution in [1.29, 1.82) is 0 Å². The Morgan fingerprint density at radius 3 is 2.68 bits per heavy atom. The smallest absolute Gasteiger partial charge is 0.276 e. The highest BCUT2D eigenvalue weighted by Crippen LogP contribution is 2.32. The lowest BCUT2D eigenvalue weighted by atomic mass is 10.1. The molecule has 1 aromatic heterocycles. The van der Waals surface area contributed by atoms with Crippen LogP contribution in [0.2, 0.25) is 0 Å². The van der Waals surface area contributed by atoms with Gasteiger partial charge >= 0.3 is 0 Å². The number of hydrogen-bond acceptors (Lipinski definition) is 2.